The molecule has 1 nitrogen and oxygen atoms in total. The van der Waals surface area contributed by atoms with Crippen LogP contribution in [0.15, 0.2) is 224 Å². The van der Waals surface area contributed by atoms with E-state index >= 15 is 0 Å². The monoisotopic (exact) mass is 837 g/mol. The minimum Gasteiger partial charge on any atom is -0.310 e. The van der Waals surface area contributed by atoms with Crippen LogP contribution in [0.4, 0.5) is 17.1 Å². The number of hydrogen-bond acceptors (Lipinski definition) is 1. The average Bonchev–Trinajstić information content (AvgIpc) is 3.34. The first kappa shape index (κ1) is 41.5. The summed E-state index contributed by atoms with van der Waals surface area (Å²) in [6.07, 6.45) is 0. The Balaban J connectivity index is 1.12. The molecule has 0 fully saturated rings. The molecular weight excluding hydrogens is 783 g/mol. The zero-order chi connectivity index (χ0) is 44.7. The SMILES string of the molecule is CC(C)(C)c1cc(-c2cccc3cccc(-c4ccccc4N(c4ccc(-c5ccc(-c6ccccc6)cc5)cc4)c4ccc(-c5ccc6ccccc6c5)cc4)c23)cc(C(C)(C)C)c1. The van der Waals surface area contributed by atoms with E-state index < -0.39 is 0 Å². The molecule has 10 rings (SSSR count). The van der Waals surface area contributed by atoms with Crippen molar-refractivity contribution in [2.75, 3.05) is 4.90 Å². The molecule has 1 heteroatoms. The van der Waals surface area contributed by atoms with Crippen molar-refractivity contribution in [3.63, 3.8) is 0 Å². The second-order valence-corrected chi connectivity index (χ2v) is 19.5. The van der Waals surface area contributed by atoms with Gasteiger partial charge in [0.2, 0.25) is 0 Å². The second-order valence-electron chi connectivity index (χ2n) is 19.5. The third kappa shape index (κ3) is 8.39. The van der Waals surface area contributed by atoms with Crippen LogP contribution in [-0.4, -0.2) is 0 Å². The Hall–Kier alpha value is -7.48. The summed E-state index contributed by atoms with van der Waals surface area (Å²) in [5, 5.41) is 4.98. The summed E-state index contributed by atoms with van der Waals surface area (Å²) in [5.41, 5.74) is 18.1. The highest BCUT2D eigenvalue weighted by atomic mass is 15.1. The van der Waals surface area contributed by atoms with Gasteiger partial charge >= 0.3 is 0 Å². The molecule has 0 unspecified atom stereocenters. The van der Waals surface area contributed by atoms with E-state index in [4.69, 9.17) is 0 Å². The molecule has 0 bridgehead atoms. The van der Waals surface area contributed by atoms with Crippen molar-refractivity contribution in [2.24, 2.45) is 0 Å². The summed E-state index contributed by atoms with van der Waals surface area (Å²) in [6, 6.07) is 82.7. The topological polar surface area (TPSA) is 3.24 Å². The molecule has 0 saturated carbocycles. The fourth-order valence-electron chi connectivity index (χ4n) is 9.24. The van der Waals surface area contributed by atoms with E-state index in [9.17, 15) is 0 Å². The minimum atomic E-state index is 0.00152. The van der Waals surface area contributed by atoms with Crippen molar-refractivity contribution in [3.05, 3.63) is 236 Å². The van der Waals surface area contributed by atoms with Crippen molar-refractivity contribution in [2.45, 2.75) is 52.4 Å². The normalized spacial score (nSPS) is 11.8. The highest BCUT2D eigenvalue weighted by Gasteiger charge is 2.24. The van der Waals surface area contributed by atoms with Crippen molar-refractivity contribution >= 4 is 38.6 Å². The lowest BCUT2D eigenvalue weighted by molar-refractivity contribution is 0.569. The lowest BCUT2D eigenvalue weighted by Crippen LogP contribution is -2.16. The van der Waals surface area contributed by atoms with Crippen LogP contribution in [0.1, 0.15) is 52.7 Å². The van der Waals surface area contributed by atoms with Crippen LogP contribution in [0.5, 0.6) is 0 Å². The molecule has 0 aliphatic heterocycles. The van der Waals surface area contributed by atoms with Gasteiger partial charge in [0.15, 0.2) is 0 Å². The molecule has 0 heterocycles. The quantitative estimate of drug-likeness (QED) is 0.147. The highest BCUT2D eigenvalue weighted by molar-refractivity contribution is 6.09. The molecule has 0 saturated heterocycles. The molecule has 0 amide bonds. The van der Waals surface area contributed by atoms with Gasteiger partial charge in [-0.05, 0) is 130 Å². The zero-order valence-electron chi connectivity index (χ0n) is 38.3. The average molecular weight is 838 g/mol. The molecule has 65 heavy (non-hydrogen) atoms. The summed E-state index contributed by atoms with van der Waals surface area (Å²) in [7, 11) is 0. The van der Waals surface area contributed by atoms with Gasteiger partial charge in [-0.15, -0.1) is 0 Å². The van der Waals surface area contributed by atoms with E-state index in [0.717, 1.165) is 17.1 Å². The number of rotatable bonds is 8. The Morgan fingerprint density at radius 3 is 1.29 bits per heavy atom. The Labute approximate surface area is 385 Å². The molecule has 10 aromatic rings. The lowest BCUT2D eigenvalue weighted by atomic mass is 9.78. The van der Waals surface area contributed by atoms with Crippen LogP contribution in [-0.2, 0) is 10.8 Å². The van der Waals surface area contributed by atoms with Crippen LogP contribution >= 0.6 is 0 Å². The standard InChI is InChI=1S/C64H55N/c1-63(2,3)54-41-53(42-55(43-54)64(4,5)6)58-23-14-20-50-21-15-24-60(62(50)58)59-22-12-13-25-61(59)65(57-38-34-49(35-39-57)52-31-30-45-18-10-11-19-51(45)40-52)56-36-32-48(33-37-56)47-28-26-46(27-29-47)44-16-8-7-9-17-44/h7-43H,1-6H3. The smallest absolute Gasteiger partial charge is 0.0540 e. The van der Waals surface area contributed by atoms with Crippen molar-refractivity contribution < 1.29 is 0 Å². The van der Waals surface area contributed by atoms with E-state index in [1.54, 1.807) is 0 Å². The van der Waals surface area contributed by atoms with E-state index in [-0.39, 0.29) is 10.8 Å². The number of nitrogens with zero attached hydrogens (tertiary/aromatic N) is 1. The van der Waals surface area contributed by atoms with Crippen molar-refractivity contribution in [1.29, 1.82) is 0 Å². The van der Waals surface area contributed by atoms with E-state index in [0.29, 0.717) is 0 Å². The van der Waals surface area contributed by atoms with E-state index in [2.05, 4.69) is 271 Å². The first-order valence-corrected chi connectivity index (χ1v) is 22.9. The largest absolute Gasteiger partial charge is 0.310 e. The molecule has 316 valence electrons. The summed E-state index contributed by atoms with van der Waals surface area (Å²) in [5.74, 6) is 0. The van der Waals surface area contributed by atoms with Gasteiger partial charge in [-0.2, -0.15) is 0 Å². The highest BCUT2D eigenvalue weighted by Crippen LogP contribution is 2.46. The Morgan fingerprint density at radius 1 is 0.277 bits per heavy atom. The molecule has 0 radical (unpaired) electrons. The van der Waals surface area contributed by atoms with Gasteiger partial charge < -0.3 is 4.90 Å². The Morgan fingerprint density at radius 2 is 0.708 bits per heavy atom. The first-order chi connectivity index (χ1) is 31.5. The van der Waals surface area contributed by atoms with E-state index in [1.165, 1.54) is 88.3 Å². The number of para-hydroxylation sites is 1. The van der Waals surface area contributed by atoms with Gasteiger partial charge in [-0.25, -0.2) is 0 Å². The number of fused-ring (bicyclic) bond motifs is 2. The predicted molar refractivity (Wildman–Crippen MR) is 281 cm³/mol. The van der Waals surface area contributed by atoms with Gasteiger partial charge in [0, 0.05) is 16.9 Å². The maximum absolute atomic E-state index is 2.43. The Kier molecular flexibility index (Phi) is 10.8. The van der Waals surface area contributed by atoms with Gasteiger partial charge in [0.05, 0.1) is 5.69 Å². The maximum atomic E-state index is 2.43. The number of anilines is 3. The maximum Gasteiger partial charge on any atom is 0.0540 e. The van der Waals surface area contributed by atoms with Crippen molar-refractivity contribution in [1.82, 2.24) is 0 Å². The summed E-state index contributed by atoms with van der Waals surface area (Å²) < 4.78 is 0. The molecule has 0 aliphatic carbocycles. The molecule has 0 atom stereocenters. The van der Waals surface area contributed by atoms with Crippen LogP contribution < -0.4 is 4.90 Å². The fourth-order valence-corrected chi connectivity index (χ4v) is 9.24. The molecular formula is C64H55N. The summed E-state index contributed by atoms with van der Waals surface area (Å²) >= 11 is 0. The van der Waals surface area contributed by atoms with Crippen LogP contribution in [0.3, 0.4) is 0 Å². The third-order valence-electron chi connectivity index (χ3n) is 13.0. The third-order valence-corrected chi connectivity index (χ3v) is 13.0. The summed E-state index contributed by atoms with van der Waals surface area (Å²) in [6.45, 7) is 13.9. The Bertz CT molecular complexity index is 3250. The van der Waals surface area contributed by atoms with Gasteiger partial charge in [0.25, 0.3) is 0 Å². The molecule has 10 aromatic carbocycles. The molecule has 0 N–H and O–H groups in total. The van der Waals surface area contributed by atoms with Crippen LogP contribution in [0.2, 0.25) is 0 Å². The van der Waals surface area contributed by atoms with Gasteiger partial charge in [0.1, 0.15) is 0 Å². The number of benzene rings is 10. The number of hydrogen-bond donors (Lipinski definition) is 0. The van der Waals surface area contributed by atoms with Gasteiger partial charge in [-0.3, -0.25) is 0 Å². The van der Waals surface area contributed by atoms with E-state index in [1.807, 2.05) is 0 Å². The van der Waals surface area contributed by atoms with Crippen LogP contribution in [0, 0.1) is 0 Å². The summed E-state index contributed by atoms with van der Waals surface area (Å²) in [4.78, 5) is 2.43. The van der Waals surface area contributed by atoms with Crippen molar-refractivity contribution in [3.8, 4) is 55.6 Å². The molecule has 0 aliphatic rings. The predicted octanol–water partition coefficient (Wildman–Crippen LogP) is 18.4. The molecule has 0 aromatic heterocycles. The lowest BCUT2D eigenvalue weighted by Gasteiger charge is -2.29. The zero-order valence-corrected chi connectivity index (χ0v) is 38.3. The minimum absolute atomic E-state index is 0.00152. The van der Waals surface area contributed by atoms with Gasteiger partial charge in [-0.1, -0.05) is 230 Å². The molecule has 0 spiro atoms. The fraction of sp³-hybridized carbons (Fsp3) is 0.125. The van der Waals surface area contributed by atoms with Crippen LogP contribution in [0.25, 0.3) is 77.2 Å². The first-order valence-electron chi connectivity index (χ1n) is 22.9. The second kappa shape index (κ2) is 16.9.